The summed E-state index contributed by atoms with van der Waals surface area (Å²) in [5.41, 5.74) is 5.88. The molecule has 6 heteroatoms. The fourth-order valence-electron chi connectivity index (χ4n) is 2.43. The van der Waals surface area contributed by atoms with Crippen LogP contribution in [-0.2, 0) is 10.2 Å². The summed E-state index contributed by atoms with van der Waals surface area (Å²) < 4.78 is 28.1. The van der Waals surface area contributed by atoms with E-state index in [-0.39, 0.29) is 18.1 Å². The molecule has 0 bridgehead atoms. The van der Waals surface area contributed by atoms with Gasteiger partial charge in [0.05, 0.1) is 0 Å². The zero-order valence-corrected chi connectivity index (χ0v) is 12.8. The SMILES string of the molecule is CCN(C1CCC(N)CC1)S(=O)(=O)N(C)C(C)C. The predicted octanol–water partition coefficient (Wildman–Crippen LogP) is 1.16. The molecular weight excluding hydrogens is 250 g/mol. The van der Waals surface area contributed by atoms with Crippen molar-refractivity contribution in [3.05, 3.63) is 0 Å². The van der Waals surface area contributed by atoms with Crippen LogP contribution in [0, 0.1) is 0 Å². The van der Waals surface area contributed by atoms with Gasteiger partial charge in [-0.3, -0.25) is 0 Å². The smallest absolute Gasteiger partial charge is 0.282 e. The third-order valence-electron chi connectivity index (χ3n) is 3.85. The highest BCUT2D eigenvalue weighted by molar-refractivity contribution is 7.86. The van der Waals surface area contributed by atoms with Crippen LogP contribution in [0.25, 0.3) is 0 Å². The van der Waals surface area contributed by atoms with Crippen LogP contribution in [0.2, 0.25) is 0 Å². The van der Waals surface area contributed by atoms with E-state index in [0.717, 1.165) is 25.7 Å². The highest BCUT2D eigenvalue weighted by Gasteiger charge is 2.34. The van der Waals surface area contributed by atoms with Crippen molar-refractivity contribution in [1.29, 1.82) is 0 Å². The van der Waals surface area contributed by atoms with Crippen LogP contribution >= 0.6 is 0 Å². The van der Waals surface area contributed by atoms with Gasteiger partial charge in [0, 0.05) is 31.7 Å². The molecule has 0 aromatic heterocycles. The molecule has 0 aromatic rings. The molecule has 18 heavy (non-hydrogen) atoms. The Morgan fingerprint density at radius 3 is 2.11 bits per heavy atom. The molecule has 0 atom stereocenters. The topological polar surface area (TPSA) is 66.6 Å². The minimum absolute atomic E-state index is 0.0186. The first-order valence-corrected chi connectivity index (χ1v) is 8.20. The number of nitrogens with two attached hydrogens (primary N) is 1. The van der Waals surface area contributed by atoms with Crippen LogP contribution in [0.5, 0.6) is 0 Å². The Balaban J connectivity index is 2.83. The number of rotatable bonds is 5. The highest BCUT2D eigenvalue weighted by atomic mass is 32.2. The molecule has 2 N–H and O–H groups in total. The average molecular weight is 277 g/mol. The maximum atomic E-state index is 12.5. The molecule has 0 spiro atoms. The Hall–Kier alpha value is -0.170. The van der Waals surface area contributed by atoms with Crippen LogP contribution in [0.3, 0.4) is 0 Å². The highest BCUT2D eigenvalue weighted by Crippen LogP contribution is 2.25. The van der Waals surface area contributed by atoms with E-state index in [1.54, 1.807) is 11.4 Å². The Morgan fingerprint density at radius 1 is 1.22 bits per heavy atom. The molecule has 1 aliphatic rings. The fraction of sp³-hybridized carbons (Fsp3) is 1.00. The lowest BCUT2D eigenvalue weighted by atomic mass is 9.92. The van der Waals surface area contributed by atoms with Crippen LogP contribution in [-0.4, -0.2) is 48.7 Å². The van der Waals surface area contributed by atoms with Gasteiger partial charge in [0.15, 0.2) is 0 Å². The summed E-state index contributed by atoms with van der Waals surface area (Å²) in [6, 6.07) is 0.335. The largest absolute Gasteiger partial charge is 0.328 e. The molecule has 0 amide bonds. The van der Waals surface area contributed by atoms with E-state index in [0.29, 0.717) is 6.54 Å². The van der Waals surface area contributed by atoms with Gasteiger partial charge in [-0.15, -0.1) is 0 Å². The van der Waals surface area contributed by atoms with Crippen molar-refractivity contribution in [3.8, 4) is 0 Å². The Kier molecular flexibility index (Phi) is 5.58. The molecule has 0 aromatic carbocycles. The number of hydrogen-bond donors (Lipinski definition) is 1. The van der Waals surface area contributed by atoms with E-state index >= 15 is 0 Å². The van der Waals surface area contributed by atoms with Crippen molar-refractivity contribution in [3.63, 3.8) is 0 Å². The van der Waals surface area contributed by atoms with E-state index in [1.165, 1.54) is 4.31 Å². The summed E-state index contributed by atoms with van der Waals surface area (Å²) in [6.07, 6.45) is 3.59. The van der Waals surface area contributed by atoms with Crippen LogP contribution < -0.4 is 5.73 Å². The summed E-state index contributed by atoms with van der Waals surface area (Å²) in [5.74, 6) is 0. The van der Waals surface area contributed by atoms with E-state index in [9.17, 15) is 8.42 Å². The lowest BCUT2D eigenvalue weighted by molar-refractivity contribution is 0.229. The Morgan fingerprint density at radius 2 is 1.72 bits per heavy atom. The first-order chi connectivity index (χ1) is 8.30. The quantitative estimate of drug-likeness (QED) is 0.820. The maximum absolute atomic E-state index is 12.5. The van der Waals surface area contributed by atoms with Gasteiger partial charge in [-0.25, -0.2) is 0 Å². The number of hydrogen-bond acceptors (Lipinski definition) is 3. The zero-order chi connectivity index (χ0) is 13.9. The first-order valence-electron chi connectivity index (χ1n) is 6.81. The second-order valence-corrected chi connectivity index (χ2v) is 7.33. The van der Waals surface area contributed by atoms with Crippen molar-refractivity contribution < 1.29 is 8.42 Å². The third kappa shape index (κ3) is 3.44. The van der Waals surface area contributed by atoms with Crippen LogP contribution in [0.1, 0.15) is 46.5 Å². The van der Waals surface area contributed by atoms with E-state index in [1.807, 2.05) is 20.8 Å². The van der Waals surface area contributed by atoms with Crippen LogP contribution in [0.4, 0.5) is 0 Å². The standard InChI is InChI=1S/C12H27N3O2S/c1-5-15(12-8-6-11(13)7-9-12)18(16,17)14(4)10(2)3/h10-12H,5-9,13H2,1-4H3. The van der Waals surface area contributed by atoms with Gasteiger partial charge in [-0.05, 0) is 39.5 Å². The summed E-state index contributed by atoms with van der Waals surface area (Å²) in [6.45, 7) is 6.21. The first kappa shape index (κ1) is 15.9. The molecule has 0 unspecified atom stereocenters. The average Bonchev–Trinajstić information content (AvgIpc) is 2.31. The molecule has 1 aliphatic carbocycles. The van der Waals surface area contributed by atoms with E-state index in [4.69, 9.17) is 5.73 Å². The number of nitrogens with zero attached hydrogens (tertiary/aromatic N) is 2. The lowest BCUT2D eigenvalue weighted by Crippen LogP contribution is -2.50. The Bertz CT molecular complexity index is 348. The third-order valence-corrected chi connectivity index (χ3v) is 6.15. The van der Waals surface area contributed by atoms with Crippen molar-refractivity contribution in [2.45, 2.75) is 64.6 Å². The minimum atomic E-state index is -3.34. The molecular formula is C12H27N3O2S. The fourth-order valence-corrected chi connectivity index (χ4v) is 4.21. The van der Waals surface area contributed by atoms with Gasteiger partial charge in [-0.2, -0.15) is 17.0 Å². The summed E-state index contributed by atoms with van der Waals surface area (Å²) in [4.78, 5) is 0. The summed E-state index contributed by atoms with van der Waals surface area (Å²) in [5, 5.41) is 0. The van der Waals surface area contributed by atoms with Gasteiger partial charge in [-0.1, -0.05) is 6.92 Å². The molecule has 0 saturated heterocycles. The van der Waals surface area contributed by atoms with Crippen LogP contribution in [0.15, 0.2) is 0 Å². The van der Waals surface area contributed by atoms with E-state index in [2.05, 4.69) is 0 Å². The normalized spacial score (nSPS) is 26.2. The van der Waals surface area contributed by atoms with Crippen molar-refractivity contribution in [1.82, 2.24) is 8.61 Å². The molecule has 0 aliphatic heterocycles. The molecule has 108 valence electrons. The predicted molar refractivity (Wildman–Crippen MR) is 74.4 cm³/mol. The molecule has 0 radical (unpaired) electrons. The molecule has 1 rings (SSSR count). The summed E-state index contributed by atoms with van der Waals surface area (Å²) in [7, 11) is -1.69. The Labute approximate surface area is 112 Å². The van der Waals surface area contributed by atoms with Gasteiger partial charge in [0.2, 0.25) is 0 Å². The van der Waals surface area contributed by atoms with Gasteiger partial charge >= 0.3 is 0 Å². The van der Waals surface area contributed by atoms with Crippen molar-refractivity contribution in [2.24, 2.45) is 5.73 Å². The monoisotopic (exact) mass is 277 g/mol. The van der Waals surface area contributed by atoms with Crippen molar-refractivity contribution >= 4 is 10.2 Å². The molecule has 1 saturated carbocycles. The molecule has 0 heterocycles. The van der Waals surface area contributed by atoms with Crippen molar-refractivity contribution in [2.75, 3.05) is 13.6 Å². The van der Waals surface area contributed by atoms with E-state index < -0.39 is 10.2 Å². The molecule has 1 fully saturated rings. The van der Waals surface area contributed by atoms with Gasteiger partial charge < -0.3 is 5.73 Å². The zero-order valence-electron chi connectivity index (χ0n) is 12.0. The second-order valence-electron chi connectivity index (χ2n) is 5.39. The summed E-state index contributed by atoms with van der Waals surface area (Å²) >= 11 is 0. The second kappa shape index (κ2) is 6.32. The van der Waals surface area contributed by atoms with Gasteiger partial charge in [0.1, 0.15) is 0 Å². The lowest BCUT2D eigenvalue weighted by Gasteiger charge is -2.37. The van der Waals surface area contributed by atoms with Gasteiger partial charge in [0.25, 0.3) is 10.2 Å². The minimum Gasteiger partial charge on any atom is -0.328 e. The molecule has 5 nitrogen and oxygen atoms in total. The maximum Gasteiger partial charge on any atom is 0.282 e.